The van der Waals surface area contributed by atoms with E-state index in [-0.39, 0.29) is 23.1 Å². The third-order valence-corrected chi connectivity index (χ3v) is 11.0. The Bertz CT molecular complexity index is 1300. The summed E-state index contributed by atoms with van der Waals surface area (Å²) in [5.74, 6) is -1.56. The number of nitrogens with zero attached hydrogens (tertiary/aromatic N) is 3. The molecule has 3 aliphatic heterocycles. The lowest BCUT2D eigenvalue weighted by molar-refractivity contribution is 0.0282. The van der Waals surface area contributed by atoms with Crippen molar-refractivity contribution in [3.63, 3.8) is 0 Å². The van der Waals surface area contributed by atoms with Gasteiger partial charge >= 0.3 is 6.09 Å². The van der Waals surface area contributed by atoms with Crippen LogP contribution >= 0.6 is 11.6 Å². The highest BCUT2D eigenvalue weighted by atomic mass is 35.5. The maximum atomic E-state index is 14.2. The Morgan fingerprint density at radius 3 is 2.29 bits per heavy atom. The van der Waals surface area contributed by atoms with Gasteiger partial charge in [0.1, 0.15) is 18.2 Å². The Balaban J connectivity index is 1.34. The second-order valence-corrected chi connectivity index (χ2v) is 13.8. The molecule has 7 nitrogen and oxygen atoms in total. The summed E-state index contributed by atoms with van der Waals surface area (Å²) in [6.45, 7) is 4.68. The highest BCUT2D eigenvalue weighted by Gasteiger charge is 2.42. The summed E-state index contributed by atoms with van der Waals surface area (Å²) in [7, 11) is -4.13. The maximum Gasteiger partial charge on any atom is 0.410 e. The molecule has 3 saturated heterocycles. The van der Waals surface area contributed by atoms with E-state index in [9.17, 15) is 22.0 Å². The van der Waals surface area contributed by atoms with E-state index in [4.69, 9.17) is 16.3 Å². The first-order valence-electron chi connectivity index (χ1n) is 14.6. The molecule has 0 aromatic heterocycles. The van der Waals surface area contributed by atoms with Crippen LogP contribution in [0.25, 0.3) is 0 Å². The van der Waals surface area contributed by atoms with E-state index in [0.29, 0.717) is 36.9 Å². The number of hydrogen-bond donors (Lipinski definition) is 0. The van der Waals surface area contributed by atoms with Crippen LogP contribution in [0.5, 0.6) is 0 Å². The molecule has 0 saturated carbocycles. The monoisotopic (exact) mass is 609 g/mol. The van der Waals surface area contributed by atoms with Crippen molar-refractivity contribution in [1.82, 2.24) is 14.1 Å². The first-order chi connectivity index (χ1) is 19.6. The largest absolute Gasteiger partial charge is 0.448 e. The number of carbonyl (C=O) groups excluding carboxylic acids is 1. The molecule has 0 N–H and O–H groups in total. The average molecular weight is 610 g/mol. The number of hydrogen-bond acceptors (Lipinski definition) is 5. The molecule has 2 unspecified atom stereocenters. The van der Waals surface area contributed by atoms with Crippen molar-refractivity contribution < 1.29 is 26.7 Å². The number of amides is 1. The number of ether oxygens (including phenoxy) is 1. The minimum Gasteiger partial charge on any atom is -0.448 e. The van der Waals surface area contributed by atoms with Crippen LogP contribution in [0.3, 0.4) is 0 Å². The maximum absolute atomic E-state index is 14.2. The summed E-state index contributed by atoms with van der Waals surface area (Å²) >= 11 is 6.00. The van der Waals surface area contributed by atoms with E-state index in [1.54, 1.807) is 4.90 Å². The van der Waals surface area contributed by atoms with Gasteiger partial charge in [0.2, 0.25) is 10.0 Å². The minimum atomic E-state index is -4.13. The summed E-state index contributed by atoms with van der Waals surface area (Å²) < 4.78 is 63.5. The number of rotatable bonds is 6. The van der Waals surface area contributed by atoms with Gasteiger partial charge in [0, 0.05) is 29.7 Å². The van der Waals surface area contributed by atoms with Crippen molar-refractivity contribution in [3.8, 4) is 0 Å². The molecular formula is C30H38ClF2N3O4S. The van der Waals surface area contributed by atoms with E-state index in [2.05, 4.69) is 4.90 Å². The van der Waals surface area contributed by atoms with Crippen LogP contribution in [0.1, 0.15) is 69.9 Å². The van der Waals surface area contributed by atoms with Gasteiger partial charge in [-0.25, -0.2) is 22.0 Å². The molecule has 5 rings (SSSR count). The SMILES string of the molecule is CC1CC(N2CCCCC2)CCN1C(=O)OC[C@@H]1CCC[C@H](c2cc(F)cc(F)c2)N1S(=O)(=O)c1ccc(Cl)cc1. The molecule has 2 aromatic carbocycles. The lowest BCUT2D eigenvalue weighted by Crippen LogP contribution is -2.53. The van der Waals surface area contributed by atoms with Gasteiger partial charge in [0.25, 0.3) is 0 Å². The van der Waals surface area contributed by atoms with Gasteiger partial charge in [-0.15, -0.1) is 0 Å². The van der Waals surface area contributed by atoms with Crippen molar-refractivity contribution in [2.75, 3.05) is 26.2 Å². The van der Waals surface area contributed by atoms with Crippen LogP contribution in [0.15, 0.2) is 47.4 Å². The van der Waals surface area contributed by atoms with Crippen LogP contribution in [0.4, 0.5) is 13.6 Å². The van der Waals surface area contributed by atoms with Crippen molar-refractivity contribution in [3.05, 3.63) is 64.7 Å². The molecule has 0 aliphatic carbocycles. The zero-order valence-corrected chi connectivity index (χ0v) is 24.9. The summed E-state index contributed by atoms with van der Waals surface area (Å²) in [6, 6.07) is 7.83. The average Bonchev–Trinajstić information content (AvgIpc) is 2.95. The van der Waals surface area contributed by atoms with Crippen molar-refractivity contribution in [1.29, 1.82) is 0 Å². The highest BCUT2D eigenvalue weighted by molar-refractivity contribution is 7.89. The molecule has 3 heterocycles. The first-order valence-corrected chi connectivity index (χ1v) is 16.4. The number of carbonyl (C=O) groups is 1. The molecule has 0 spiro atoms. The fourth-order valence-electron chi connectivity index (χ4n) is 6.67. The smallest absolute Gasteiger partial charge is 0.410 e. The van der Waals surface area contributed by atoms with Crippen molar-refractivity contribution in [2.45, 2.75) is 87.4 Å². The summed E-state index contributed by atoms with van der Waals surface area (Å²) in [4.78, 5) is 17.5. The Morgan fingerprint density at radius 2 is 1.63 bits per heavy atom. The van der Waals surface area contributed by atoms with Gasteiger partial charge in [-0.2, -0.15) is 4.31 Å². The van der Waals surface area contributed by atoms with Gasteiger partial charge in [0.05, 0.1) is 17.0 Å². The van der Waals surface area contributed by atoms with Gasteiger partial charge in [-0.1, -0.05) is 18.0 Å². The molecule has 0 bridgehead atoms. The van der Waals surface area contributed by atoms with Gasteiger partial charge < -0.3 is 14.5 Å². The van der Waals surface area contributed by atoms with Crippen LogP contribution in [-0.4, -0.2) is 73.0 Å². The van der Waals surface area contributed by atoms with Crippen molar-refractivity contribution >= 4 is 27.7 Å². The van der Waals surface area contributed by atoms with E-state index in [0.717, 1.165) is 32.0 Å². The predicted octanol–water partition coefficient (Wildman–Crippen LogP) is 6.38. The zero-order valence-electron chi connectivity index (χ0n) is 23.4. The quantitative estimate of drug-likeness (QED) is 0.380. The van der Waals surface area contributed by atoms with Gasteiger partial charge in [-0.3, -0.25) is 0 Å². The number of sulfonamides is 1. The van der Waals surface area contributed by atoms with E-state index < -0.39 is 39.8 Å². The molecule has 224 valence electrons. The predicted molar refractivity (Wildman–Crippen MR) is 153 cm³/mol. The Hall–Kier alpha value is -2.27. The topological polar surface area (TPSA) is 70.2 Å². The van der Waals surface area contributed by atoms with Gasteiger partial charge in [0.15, 0.2) is 0 Å². The molecule has 3 fully saturated rings. The Morgan fingerprint density at radius 1 is 0.951 bits per heavy atom. The number of likely N-dealkylation sites (tertiary alicyclic amines) is 2. The van der Waals surface area contributed by atoms with Crippen LogP contribution in [-0.2, 0) is 14.8 Å². The molecule has 2 aromatic rings. The molecule has 41 heavy (non-hydrogen) atoms. The fourth-order valence-corrected chi connectivity index (χ4v) is 8.64. The van der Waals surface area contributed by atoms with E-state index in [1.165, 1.54) is 60.0 Å². The highest BCUT2D eigenvalue weighted by Crippen LogP contribution is 2.40. The lowest BCUT2D eigenvalue weighted by atomic mass is 9.93. The fraction of sp³-hybridized carbons (Fsp3) is 0.567. The molecule has 4 atom stereocenters. The summed E-state index contributed by atoms with van der Waals surface area (Å²) in [5, 5.41) is 0.384. The molecule has 11 heteroatoms. The van der Waals surface area contributed by atoms with E-state index in [1.807, 2.05) is 6.92 Å². The second kappa shape index (κ2) is 12.9. The second-order valence-electron chi connectivity index (χ2n) is 11.5. The van der Waals surface area contributed by atoms with Crippen LogP contribution in [0, 0.1) is 11.6 Å². The number of benzene rings is 2. The molecule has 1 amide bonds. The third kappa shape index (κ3) is 6.87. The summed E-state index contributed by atoms with van der Waals surface area (Å²) in [6.07, 6.45) is 6.44. The zero-order chi connectivity index (χ0) is 29.1. The van der Waals surface area contributed by atoms with Crippen molar-refractivity contribution in [2.24, 2.45) is 0 Å². The number of piperidine rings is 3. The molecule has 0 radical (unpaired) electrons. The minimum absolute atomic E-state index is 0.00597. The number of halogens is 3. The molecular weight excluding hydrogens is 572 g/mol. The first kappa shape index (κ1) is 30.2. The normalized spacial score (nSPS) is 26.6. The summed E-state index contributed by atoms with van der Waals surface area (Å²) in [5.41, 5.74) is 0.226. The van der Waals surface area contributed by atoms with E-state index >= 15 is 0 Å². The third-order valence-electron chi connectivity index (χ3n) is 8.73. The van der Waals surface area contributed by atoms with Crippen LogP contribution < -0.4 is 0 Å². The Kier molecular flexibility index (Phi) is 9.53. The lowest BCUT2D eigenvalue weighted by Gasteiger charge is -2.43. The Labute approximate surface area is 246 Å². The standard InChI is InChI=1S/C30H38ClF2N3O4S/c1-21-16-26(34-13-3-2-4-14-34)12-15-35(21)30(37)40-20-27-6-5-7-29(22-17-24(32)19-25(33)18-22)36(27)41(38,39)28-10-8-23(31)9-11-28/h8-11,17-19,21,26-27,29H,2-7,12-16,20H2,1H3/t21?,26?,27-,29+/m0/s1. The van der Waals surface area contributed by atoms with Gasteiger partial charge in [-0.05, 0) is 107 Å². The molecule has 3 aliphatic rings. The van der Waals surface area contributed by atoms with Crippen LogP contribution in [0.2, 0.25) is 5.02 Å².